The number of amides is 1. The molecule has 0 atom stereocenters. The maximum absolute atomic E-state index is 12.4. The number of carbonyl (C=O) groups excluding carboxylic acids is 1. The van der Waals surface area contributed by atoms with Crippen molar-refractivity contribution in [2.24, 2.45) is 0 Å². The summed E-state index contributed by atoms with van der Waals surface area (Å²) in [7, 11) is -2.33. The number of hydrogen-bond donors (Lipinski definition) is 1. The highest BCUT2D eigenvalue weighted by Gasteiger charge is 2.24. The van der Waals surface area contributed by atoms with E-state index >= 15 is 0 Å². The van der Waals surface area contributed by atoms with Crippen LogP contribution in [0.25, 0.3) is 0 Å². The summed E-state index contributed by atoms with van der Waals surface area (Å²) >= 11 is 3.77. The molecule has 8 nitrogen and oxygen atoms in total. The van der Waals surface area contributed by atoms with Gasteiger partial charge in [-0.25, -0.2) is 8.42 Å². The number of sulfonamides is 1. The third-order valence-corrected chi connectivity index (χ3v) is 8.84. The zero-order valence-electron chi connectivity index (χ0n) is 15.1. The van der Waals surface area contributed by atoms with E-state index in [0.717, 1.165) is 21.2 Å². The van der Waals surface area contributed by atoms with Gasteiger partial charge in [-0.2, -0.15) is 9.57 Å². The molecular formula is C17H15N5O3S4. The normalized spacial score (nSPS) is 11.3. The molecule has 1 aromatic carbocycles. The highest BCUT2D eigenvalue weighted by molar-refractivity contribution is 8.00. The van der Waals surface area contributed by atoms with Crippen LogP contribution in [-0.4, -0.2) is 42.4 Å². The van der Waals surface area contributed by atoms with Crippen LogP contribution in [0.1, 0.15) is 11.1 Å². The number of nitrogens with zero attached hydrogens (tertiary/aromatic N) is 4. The van der Waals surface area contributed by atoms with Crippen molar-refractivity contribution < 1.29 is 13.2 Å². The minimum absolute atomic E-state index is 0.185. The number of thioether (sulfide) groups is 1. The molecule has 0 aliphatic rings. The maximum atomic E-state index is 12.4. The van der Waals surface area contributed by atoms with Gasteiger partial charge in [0.1, 0.15) is 4.21 Å². The molecule has 12 heteroatoms. The van der Waals surface area contributed by atoms with Gasteiger partial charge in [0.05, 0.1) is 18.2 Å². The van der Waals surface area contributed by atoms with Crippen LogP contribution in [0, 0.1) is 11.3 Å². The number of anilines is 1. The second-order valence-corrected chi connectivity index (χ2v) is 11.1. The van der Waals surface area contributed by atoms with Crippen molar-refractivity contribution in [1.29, 1.82) is 5.26 Å². The first-order chi connectivity index (χ1) is 13.9. The van der Waals surface area contributed by atoms with E-state index < -0.39 is 15.9 Å². The van der Waals surface area contributed by atoms with Crippen LogP contribution in [0.4, 0.5) is 5.13 Å². The Labute approximate surface area is 180 Å². The van der Waals surface area contributed by atoms with Crippen LogP contribution in [0.3, 0.4) is 0 Å². The van der Waals surface area contributed by atoms with Crippen molar-refractivity contribution in [2.75, 3.05) is 18.9 Å². The van der Waals surface area contributed by atoms with Crippen LogP contribution in [0.5, 0.6) is 0 Å². The summed E-state index contributed by atoms with van der Waals surface area (Å²) in [5, 5.41) is 21.3. The quantitative estimate of drug-likeness (QED) is 0.401. The van der Waals surface area contributed by atoms with Gasteiger partial charge >= 0.3 is 0 Å². The molecule has 1 N–H and O–H groups in total. The molecular weight excluding hydrogens is 450 g/mol. The highest BCUT2D eigenvalue weighted by atomic mass is 32.2. The molecule has 150 valence electrons. The predicted molar refractivity (Wildman–Crippen MR) is 113 cm³/mol. The molecule has 0 bridgehead atoms. The summed E-state index contributed by atoms with van der Waals surface area (Å²) in [5.74, 6) is 0.156. The number of hydrogen-bond acceptors (Lipinski definition) is 9. The van der Waals surface area contributed by atoms with Crippen LogP contribution < -0.4 is 5.32 Å². The summed E-state index contributed by atoms with van der Waals surface area (Å²) in [4.78, 5) is 12.2. The highest BCUT2D eigenvalue weighted by Crippen LogP contribution is 2.28. The van der Waals surface area contributed by atoms with Gasteiger partial charge in [-0.3, -0.25) is 10.1 Å². The smallest absolute Gasteiger partial charge is 0.252 e. The largest absolute Gasteiger partial charge is 0.299 e. The number of benzene rings is 1. The van der Waals surface area contributed by atoms with Crippen molar-refractivity contribution >= 4 is 55.5 Å². The molecule has 0 unspecified atom stereocenters. The van der Waals surface area contributed by atoms with Gasteiger partial charge in [-0.1, -0.05) is 41.3 Å². The van der Waals surface area contributed by atoms with Gasteiger partial charge in [0.15, 0.2) is 4.34 Å². The number of carbonyl (C=O) groups is 1. The minimum Gasteiger partial charge on any atom is -0.299 e. The average molecular weight is 466 g/mol. The van der Waals surface area contributed by atoms with Crippen molar-refractivity contribution in [2.45, 2.75) is 14.3 Å². The molecule has 1 amide bonds. The Morgan fingerprint density at radius 3 is 2.69 bits per heavy atom. The summed E-state index contributed by atoms with van der Waals surface area (Å²) in [6.07, 6.45) is 0. The Bertz CT molecular complexity index is 1120. The van der Waals surface area contributed by atoms with Crippen molar-refractivity contribution in [1.82, 2.24) is 14.5 Å². The fourth-order valence-corrected chi connectivity index (χ4v) is 6.20. The Morgan fingerprint density at radius 1 is 1.28 bits per heavy atom. The molecule has 0 fully saturated rings. The summed E-state index contributed by atoms with van der Waals surface area (Å²) in [6.45, 7) is -0.326. The van der Waals surface area contributed by atoms with Gasteiger partial charge in [-0.15, -0.1) is 21.5 Å². The molecule has 2 heterocycles. The second kappa shape index (κ2) is 9.47. The van der Waals surface area contributed by atoms with Gasteiger partial charge in [0.2, 0.25) is 11.0 Å². The summed E-state index contributed by atoms with van der Waals surface area (Å²) < 4.78 is 26.6. The zero-order valence-corrected chi connectivity index (χ0v) is 18.4. The van der Waals surface area contributed by atoms with E-state index in [1.807, 2.05) is 12.1 Å². The van der Waals surface area contributed by atoms with Crippen LogP contribution in [-0.2, 0) is 20.6 Å². The zero-order chi connectivity index (χ0) is 20.9. The van der Waals surface area contributed by atoms with Gasteiger partial charge < -0.3 is 0 Å². The van der Waals surface area contributed by atoms with E-state index in [1.165, 1.54) is 36.2 Å². The third-order valence-electron chi connectivity index (χ3n) is 3.62. The van der Waals surface area contributed by atoms with E-state index in [2.05, 4.69) is 21.6 Å². The van der Waals surface area contributed by atoms with Gasteiger partial charge in [-0.05, 0) is 29.1 Å². The topological polar surface area (TPSA) is 116 Å². The molecule has 0 saturated carbocycles. The lowest BCUT2D eigenvalue weighted by Crippen LogP contribution is -2.34. The lowest BCUT2D eigenvalue weighted by molar-refractivity contribution is -0.116. The van der Waals surface area contributed by atoms with E-state index in [0.29, 0.717) is 20.8 Å². The Morgan fingerprint density at radius 2 is 2.03 bits per heavy atom. The first-order valence-electron chi connectivity index (χ1n) is 8.13. The predicted octanol–water partition coefficient (Wildman–Crippen LogP) is 3.02. The first kappa shape index (κ1) is 21.4. The number of rotatable bonds is 8. The lowest BCUT2D eigenvalue weighted by atomic mass is 10.2. The summed E-state index contributed by atoms with van der Waals surface area (Å²) in [5.41, 5.74) is 1.64. The number of aromatic nitrogens is 2. The minimum atomic E-state index is -3.69. The van der Waals surface area contributed by atoms with E-state index in [-0.39, 0.29) is 10.8 Å². The molecule has 0 radical (unpaired) electrons. The average Bonchev–Trinajstić information content (AvgIpc) is 3.39. The fraction of sp³-hybridized carbons (Fsp3) is 0.176. The number of nitrogens with one attached hydrogen (secondary N) is 1. The monoisotopic (exact) mass is 465 g/mol. The molecule has 0 aliphatic carbocycles. The molecule has 3 aromatic rings. The lowest BCUT2D eigenvalue weighted by Gasteiger charge is -2.14. The number of likely N-dealkylation sites (N-methyl/N-ethyl adjacent to an activating group) is 1. The van der Waals surface area contributed by atoms with Crippen LogP contribution >= 0.6 is 34.4 Å². The number of nitriles is 1. The first-order valence-corrected chi connectivity index (χ1v) is 12.3. The molecule has 2 aromatic heterocycles. The van der Waals surface area contributed by atoms with Crippen LogP contribution in [0.15, 0.2) is 50.3 Å². The number of thiophene rings is 1. The van der Waals surface area contributed by atoms with Crippen LogP contribution in [0.2, 0.25) is 0 Å². The molecule has 0 aliphatic heterocycles. The Hall–Kier alpha value is -2.30. The fourth-order valence-electron chi connectivity index (χ4n) is 2.15. The second-order valence-electron chi connectivity index (χ2n) is 5.71. The molecule has 29 heavy (non-hydrogen) atoms. The van der Waals surface area contributed by atoms with Gasteiger partial charge in [0.25, 0.3) is 10.0 Å². The maximum Gasteiger partial charge on any atom is 0.252 e. The molecule has 3 rings (SSSR count). The van der Waals surface area contributed by atoms with E-state index in [9.17, 15) is 13.2 Å². The molecule has 0 saturated heterocycles. The van der Waals surface area contributed by atoms with E-state index in [4.69, 9.17) is 5.26 Å². The SMILES string of the molecule is CN(CC(=O)Nc1nnc(SCc2ccc(C#N)cc2)s1)S(=O)(=O)c1cccs1. The van der Waals surface area contributed by atoms with Gasteiger partial charge in [0, 0.05) is 12.8 Å². The third kappa shape index (κ3) is 5.62. The Balaban J connectivity index is 1.52. The Kier molecular flexibility index (Phi) is 6.99. The van der Waals surface area contributed by atoms with Crippen molar-refractivity contribution in [3.63, 3.8) is 0 Å². The summed E-state index contributed by atoms with van der Waals surface area (Å²) in [6, 6.07) is 12.5. The van der Waals surface area contributed by atoms with E-state index in [1.54, 1.807) is 23.6 Å². The standard InChI is InChI=1S/C17H15N5O3S4/c1-22(29(24,25)15-3-2-8-26-15)10-14(23)19-16-20-21-17(28-16)27-11-13-6-4-12(9-18)5-7-13/h2-8H,10-11H2,1H3,(H,19,20,23). The van der Waals surface area contributed by atoms with Crippen molar-refractivity contribution in [3.05, 3.63) is 52.9 Å². The van der Waals surface area contributed by atoms with Crippen molar-refractivity contribution in [3.8, 4) is 6.07 Å². The molecule has 0 spiro atoms.